The van der Waals surface area contributed by atoms with Gasteiger partial charge in [-0.1, -0.05) is 57.2 Å². The number of urea groups is 1. The molecule has 4 rings (SSSR count). The van der Waals surface area contributed by atoms with Gasteiger partial charge in [-0.2, -0.15) is 0 Å². The van der Waals surface area contributed by atoms with Crippen molar-refractivity contribution in [3.8, 4) is 0 Å². The molecule has 1 heterocycles. The minimum absolute atomic E-state index is 0.00329. The molecule has 1 atom stereocenters. The van der Waals surface area contributed by atoms with Crippen molar-refractivity contribution in [1.82, 2.24) is 10.2 Å². The van der Waals surface area contributed by atoms with Crippen LogP contribution in [0.15, 0.2) is 42.5 Å². The minimum Gasteiger partial charge on any atom is -0.319 e. The van der Waals surface area contributed by atoms with Crippen LogP contribution in [-0.4, -0.2) is 29.2 Å². The Morgan fingerprint density at radius 2 is 1.70 bits per heavy atom. The molecule has 156 valence electrons. The third-order valence-electron chi connectivity index (χ3n) is 6.33. The van der Waals surface area contributed by atoms with Crippen molar-refractivity contribution in [2.24, 2.45) is 0 Å². The van der Waals surface area contributed by atoms with E-state index in [0.29, 0.717) is 11.1 Å². The Morgan fingerprint density at radius 3 is 2.37 bits per heavy atom. The molecule has 2 aromatic rings. The van der Waals surface area contributed by atoms with E-state index in [0.717, 1.165) is 29.7 Å². The number of nitrogens with one attached hydrogen (secondary N) is 1. The van der Waals surface area contributed by atoms with E-state index in [4.69, 9.17) is 0 Å². The van der Waals surface area contributed by atoms with Crippen LogP contribution in [0.1, 0.15) is 66.7 Å². The van der Waals surface area contributed by atoms with Crippen LogP contribution in [-0.2, 0) is 28.6 Å². The van der Waals surface area contributed by atoms with Crippen molar-refractivity contribution in [3.63, 3.8) is 0 Å². The first-order valence-electron chi connectivity index (χ1n) is 10.5. The van der Waals surface area contributed by atoms with Crippen LogP contribution < -0.4 is 5.32 Å². The lowest BCUT2D eigenvalue weighted by molar-refractivity contribution is -0.130. The van der Waals surface area contributed by atoms with E-state index in [2.05, 4.69) is 26.1 Å². The summed E-state index contributed by atoms with van der Waals surface area (Å²) >= 11 is 0. The number of benzene rings is 2. The minimum atomic E-state index is -1.17. The highest BCUT2D eigenvalue weighted by Crippen LogP contribution is 2.31. The first-order valence-corrected chi connectivity index (χ1v) is 10.5. The topological polar surface area (TPSA) is 66.5 Å². The smallest absolute Gasteiger partial charge is 0.319 e. The molecule has 0 spiro atoms. The van der Waals surface area contributed by atoms with Crippen molar-refractivity contribution in [2.75, 3.05) is 6.54 Å². The first kappa shape index (κ1) is 20.3. The number of carbonyl (C=O) groups excluding carboxylic acids is 3. The highest BCUT2D eigenvalue weighted by atomic mass is 16.2. The zero-order valence-electron chi connectivity index (χ0n) is 18.0. The Balaban J connectivity index is 1.54. The molecule has 1 N–H and O–H groups in total. The summed E-state index contributed by atoms with van der Waals surface area (Å²) in [5.74, 6) is -0.619. The van der Waals surface area contributed by atoms with Crippen LogP contribution in [0, 0.1) is 0 Å². The molecule has 1 aliphatic heterocycles. The number of imide groups is 1. The second-order valence-electron chi connectivity index (χ2n) is 9.53. The first-order chi connectivity index (χ1) is 14.1. The predicted octanol–water partition coefficient (Wildman–Crippen LogP) is 4.12. The van der Waals surface area contributed by atoms with Gasteiger partial charge in [0.15, 0.2) is 5.78 Å². The number of hydrogen-bond acceptors (Lipinski definition) is 3. The maximum atomic E-state index is 13.2. The summed E-state index contributed by atoms with van der Waals surface area (Å²) in [6.45, 7) is 7.81. The summed E-state index contributed by atoms with van der Waals surface area (Å²) in [7, 11) is 0. The largest absolute Gasteiger partial charge is 0.325 e. The van der Waals surface area contributed by atoms with Crippen molar-refractivity contribution in [2.45, 2.75) is 57.9 Å². The number of rotatable bonds is 4. The summed E-state index contributed by atoms with van der Waals surface area (Å²) in [6.07, 6.45) is 3.12. The van der Waals surface area contributed by atoms with E-state index in [-0.39, 0.29) is 17.7 Å². The van der Waals surface area contributed by atoms with E-state index < -0.39 is 17.5 Å². The lowest BCUT2D eigenvalue weighted by Crippen LogP contribution is -2.41. The van der Waals surface area contributed by atoms with Gasteiger partial charge in [-0.05, 0) is 59.9 Å². The van der Waals surface area contributed by atoms with Crippen LogP contribution in [0.5, 0.6) is 0 Å². The number of nitrogens with zero attached hydrogens (tertiary/aromatic N) is 1. The standard InChI is InChI=1S/C25H28N2O3/c1-24(2,3)19-10-12-20(13-11-19)25(4)22(29)27(23(30)26-25)15-21(28)18-9-8-16-6-5-7-17(16)14-18/h8-14H,5-7,15H2,1-4H3,(H,26,30). The third-order valence-corrected chi connectivity index (χ3v) is 6.33. The molecule has 0 aromatic heterocycles. The van der Waals surface area contributed by atoms with E-state index >= 15 is 0 Å². The molecule has 0 bridgehead atoms. The number of Topliss-reactive ketones (excluding diaryl/α,β-unsaturated/α-hetero) is 1. The predicted molar refractivity (Wildman–Crippen MR) is 116 cm³/mol. The Morgan fingerprint density at radius 1 is 1.03 bits per heavy atom. The average molecular weight is 405 g/mol. The van der Waals surface area contributed by atoms with Crippen molar-refractivity contribution in [1.29, 1.82) is 0 Å². The number of ketones is 1. The molecule has 3 amide bonds. The molecular formula is C25H28N2O3. The van der Waals surface area contributed by atoms with Crippen LogP contribution in [0.25, 0.3) is 0 Å². The van der Waals surface area contributed by atoms with E-state index in [1.807, 2.05) is 36.4 Å². The maximum Gasteiger partial charge on any atom is 0.325 e. The number of aryl methyl sites for hydroxylation is 2. The molecule has 1 fully saturated rings. The van der Waals surface area contributed by atoms with Crippen LogP contribution in [0.2, 0.25) is 0 Å². The number of hydrogen-bond donors (Lipinski definition) is 1. The molecule has 0 radical (unpaired) electrons. The molecule has 0 saturated carbocycles. The summed E-state index contributed by atoms with van der Waals surface area (Å²) in [5, 5.41) is 2.79. The molecule has 1 aliphatic carbocycles. The fraction of sp³-hybridized carbons (Fsp3) is 0.400. The number of amides is 3. The van der Waals surface area contributed by atoms with Gasteiger partial charge in [-0.3, -0.25) is 14.5 Å². The van der Waals surface area contributed by atoms with Gasteiger partial charge in [0, 0.05) is 5.56 Å². The van der Waals surface area contributed by atoms with E-state index in [1.165, 1.54) is 11.1 Å². The molecule has 1 unspecified atom stereocenters. The van der Waals surface area contributed by atoms with Gasteiger partial charge in [0.1, 0.15) is 5.54 Å². The normalized spacial score (nSPS) is 21.0. The maximum absolute atomic E-state index is 13.2. The number of fused-ring (bicyclic) bond motifs is 1. The Labute approximate surface area is 177 Å². The van der Waals surface area contributed by atoms with Gasteiger partial charge in [-0.25, -0.2) is 4.79 Å². The fourth-order valence-corrected chi connectivity index (χ4v) is 4.32. The zero-order chi connectivity index (χ0) is 21.7. The molecule has 5 nitrogen and oxygen atoms in total. The van der Waals surface area contributed by atoms with Gasteiger partial charge >= 0.3 is 6.03 Å². The quantitative estimate of drug-likeness (QED) is 0.616. The number of carbonyl (C=O) groups is 3. The van der Waals surface area contributed by atoms with Gasteiger partial charge in [-0.15, -0.1) is 0 Å². The molecule has 30 heavy (non-hydrogen) atoms. The zero-order valence-corrected chi connectivity index (χ0v) is 18.0. The summed E-state index contributed by atoms with van der Waals surface area (Å²) < 4.78 is 0. The van der Waals surface area contributed by atoms with Crippen molar-refractivity contribution < 1.29 is 14.4 Å². The molecule has 2 aromatic carbocycles. The summed E-state index contributed by atoms with van der Waals surface area (Å²) in [5.41, 5.74) is 3.72. The van der Waals surface area contributed by atoms with Crippen LogP contribution >= 0.6 is 0 Å². The third kappa shape index (κ3) is 3.42. The average Bonchev–Trinajstić information content (AvgIpc) is 3.25. The molecular weight excluding hydrogens is 376 g/mol. The van der Waals surface area contributed by atoms with Gasteiger partial charge in [0.05, 0.1) is 6.54 Å². The highest BCUT2D eigenvalue weighted by Gasteiger charge is 2.49. The second-order valence-corrected chi connectivity index (χ2v) is 9.53. The van der Waals surface area contributed by atoms with Gasteiger partial charge < -0.3 is 5.32 Å². The second kappa shape index (κ2) is 7.08. The Hall–Kier alpha value is -2.95. The summed E-state index contributed by atoms with van der Waals surface area (Å²) in [4.78, 5) is 39.6. The Bertz CT molecular complexity index is 1030. The van der Waals surface area contributed by atoms with Crippen LogP contribution in [0.4, 0.5) is 4.79 Å². The van der Waals surface area contributed by atoms with Crippen molar-refractivity contribution >= 4 is 17.7 Å². The summed E-state index contributed by atoms with van der Waals surface area (Å²) in [6, 6.07) is 12.9. The SMILES string of the molecule is CC(C)(C)c1ccc(C2(C)NC(=O)N(CC(=O)c3ccc4c(c3)CCC4)C2=O)cc1. The molecule has 1 saturated heterocycles. The highest BCUT2D eigenvalue weighted by molar-refractivity contribution is 6.11. The molecule has 5 heteroatoms. The van der Waals surface area contributed by atoms with E-state index in [9.17, 15) is 14.4 Å². The van der Waals surface area contributed by atoms with Crippen LogP contribution in [0.3, 0.4) is 0 Å². The lowest BCUT2D eigenvalue weighted by Gasteiger charge is -2.24. The Kier molecular flexibility index (Phi) is 4.80. The van der Waals surface area contributed by atoms with Crippen molar-refractivity contribution in [3.05, 3.63) is 70.3 Å². The lowest BCUT2D eigenvalue weighted by atomic mass is 9.84. The molecule has 2 aliphatic rings. The van der Waals surface area contributed by atoms with Gasteiger partial charge in [0.25, 0.3) is 5.91 Å². The van der Waals surface area contributed by atoms with E-state index in [1.54, 1.807) is 13.0 Å². The fourth-order valence-electron chi connectivity index (χ4n) is 4.32. The monoisotopic (exact) mass is 404 g/mol. The van der Waals surface area contributed by atoms with Gasteiger partial charge in [0.2, 0.25) is 0 Å².